The molecule has 1 aromatic carbocycles. The highest BCUT2D eigenvalue weighted by molar-refractivity contribution is 5.86. The zero-order chi connectivity index (χ0) is 21.2. The van der Waals surface area contributed by atoms with Gasteiger partial charge in [-0.1, -0.05) is 29.8 Å². The lowest BCUT2D eigenvalue weighted by atomic mass is 9.89. The van der Waals surface area contributed by atoms with E-state index in [0.717, 1.165) is 45.0 Å². The third-order valence-electron chi connectivity index (χ3n) is 5.51. The van der Waals surface area contributed by atoms with E-state index in [9.17, 15) is 4.79 Å². The second kappa shape index (κ2) is 11.8. The van der Waals surface area contributed by atoms with Gasteiger partial charge in [-0.15, -0.1) is 0 Å². The van der Waals surface area contributed by atoms with Crippen molar-refractivity contribution in [3.8, 4) is 0 Å². The highest BCUT2D eigenvalue weighted by atomic mass is 16.5. The quantitative estimate of drug-likeness (QED) is 0.536. The summed E-state index contributed by atoms with van der Waals surface area (Å²) in [5.41, 5.74) is 2.48. The van der Waals surface area contributed by atoms with Crippen molar-refractivity contribution in [1.29, 1.82) is 0 Å². The van der Waals surface area contributed by atoms with E-state index >= 15 is 0 Å². The van der Waals surface area contributed by atoms with Crippen LogP contribution in [0.25, 0.3) is 0 Å². The first kappa shape index (κ1) is 23.2. The minimum Gasteiger partial charge on any atom is -0.373 e. The molecule has 1 heterocycles. The number of nitrogens with one attached hydrogen (secondary N) is 1. The van der Waals surface area contributed by atoms with Crippen LogP contribution in [0.3, 0.4) is 0 Å². The number of aliphatic imine (C=N–C) groups is 1. The fourth-order valence-corrected chi connectivity index (χ4v) is 3.78. The lowest BCUT2D eigenvalue weighted by Crippen LogP contribution is -2.46. The SMILES string of the molecule is CCNC(=NCC1CCCOC1c1ccc(C)cc1)N(C)CC(=O)N(CC)CC. The molecule has 6 heteroatoms. The normalized spacial score (nSPS) is 19.7. The number of guanidine groups is 1. The second-order valence-electron chi connectivity index (χ2n) is 7.72. The van der Waals surface area contributed by atoms with Crippen LogP contribution >= 0.6 is 0 Å². The van der Waals surface area contributed by atoms with Crippen molar-refractivity contribution in [3.05, 3.63) is 35.4 Å². The fourth-order valence-electron chi connectivity index (χ4n) is 3.78. The maximum absolute atomic E-state index is 12.5. The molecule has 1 amide bonds. The van der Waals surface area contributed by atoms with Crippen molar-refractivity contribution in [2.75, 3.05) is 46.4 Å². The lowest BCUT2D eigenvalue weighted by Gasteiger charge is -2.32. The number of nitrogens with zero attached hydrogens (tertiary/aromatic N) is 3. The van der Waals surface area contributed by atoms with Gasteiger partial charge in [0.25, 0.3) is 0 Å². The van der Waals surface area contributed by atoms with Crippen molar-refractivity contribution in [1.82, 2.24) is 15.1 Å². The predicted octanol–water partition coefficient (Wildman–Crippen LogP) is 3.23. The molecular weight excluding hydrogens is 364 g/mol. The van der Waals surface area contributed by atoms with Gasteiger partial charge in [-0.05, 0) is 46.1 Å². The molecule has 0 bridgehead atoms. The Kier molecular flexibility index (Phi) is 9.45. The van der Waals surface area contributed by atoms with E-state index in [-0.39, 0.29) is 12.0 Å². The molecule has 162 valence electrons. The Morgan fingerprint density at radius 1 is 1.21 bits per heavy atom. The van der Waals surface area contributed by atoms with Gasteiger partial charge < -0.3 is 19.9 Å². The standard InChI is InChI=1S/C23H38N4O2/c1-6-24-23(26(5)17-21(28)27(7-2)8-3)25-16-20-10-9-15-29-22(20)19-13-11-18(4)12-14-19/h11-14,20,22H,6-10,15-17H2,1-5H3,(H,24,25). The molecule has 29 heavy (non-hydrogen) atoms. The molecule has 0 spiro atoms. The van der Waals surface area contributed by atoms with Crippen LogP contribution < -0.4 is 5.32 Å². The molecule has 2 rings (SSSR count). The number of carbonyl (C=O) groups excluding carboxylic acids is 1. The van der Waals surface area contributed by atoms with E-state index in [0.29, 0.717) is 19.0 Å². The molecule has 1 N–H and O–H groups in total. The summed E-state index contributed by atoms with van der Waals surface area (Å²) in [4.78, 5) is 21.1. The summed E-state index contributed by atoms with van der Waals surface area (Å²) in [6.07, 6.45) is 2.25. The largest absolute Gasteiger partial charge is 0.373 e. The number of hydrogen-bond acceptors (Lipinski definition) is 3. The van der Waals surface area contributed by atoms with Gasteiger partial charge in [-0.3, -0.25) is 9.79 Å². The molecule has 6 nitrogen and oxygen atoms in total. The Bertz CT molecular complexity index is 655. The maximum atomic E-state index is 12.5. The van der Waals surface area contributed by atoms with Gasteiger partial charge >= 0.3 is 0 Å². The molecule has 0 radical (unpaired) electrons. The Balaban J connectivity index is 2.08. The van der Waals surface area contributed by atoms with Crippen LogP contribution in [-0.2, 0) is 9.53 Å². The molecule has 0 aliphatic carbocycles. The number of ether oxygens (including phenoxy) is 1. The summed E-state index contributed by atoms with van der Waals surface area (Å²) in [5, 5.41) is 3.33. The summed E-state index contributed by atoms with van der Waals surface area (Å²) >= 11 is 0. The molecule has 0 aromatic heterocycles. The highest BCUT2D eigenvalue weighted by Crippen LogP contribution is 2.34. The summed E-state index contributed by atoms with van der Waals surface area (Å²) in [6.45, 7) is 12.2. The van der Waals surface area contributed by atoms with Gasteiger partial charge in [-0.2, -0.15) is 0 Å². The Labute approximate surface area is 176 Å². The molecule has 1 fully saturated rings. The minimum atomic E-state index is 0.0820. The van der Waals surface area contributed by atoms with Crippen LogP contribution in [0.2, 0.25) is 0 Å². The van der Waals surface area contributed by atoms with Crippen LogP contribution in [0.5, 0.6) is 0 Å². The molecule has 2 unspecified atom stereocenters. The molecule has 1 aliphatic rings. The number of amides is 1. The van der Waals surface area contributed by atoms with Crippen molar-refractivity contribution in [3.63, 3.8) is 0 Å². The smallest absolute Gasteiger partial charge is 0.242 e. The van der Waals surface area contributed by atoms with E-state index in [1.54, 1.807) is 0 Å². The van der Waals surface area contributed by atoms with Crippen LogP contribution in [0, 0.1) is 12.8 Å². The summed E-state index contributed by atoms with van der Waals surface area (Å²) in [6, 6.07) is 8.62. The molecule has 1 saturated heterocycles. The first-order chi connectivity index (χ1) is 14.0. The number of rotatable bonds is 8. The molecule has 1 aromatic rings. The molecular formula is C23H38N4O2. The summed E-state index contributed by atoms with van der Waals surface area (Å²) < 4.78 is 6.13. The van der Waals surface area contributed by atoms with E-state index in [1.807, 2.05) is 37.6 Å². The summed E-state index contributed by atoms with van der Waals surface area (Å²) in [7, 11) is 1.93. The third kappa shape index (κ3) is 6.74. The van der Waals surface area contributed by atoms with Gasteiger partial charge in [0.05, 0.1) is 12.6 Å². The topological polar surface area (TPSA) is 57.2 Å². The van der Waals surface area contributed by atoms with Gasteiger partial charge in [0.15, 0.2) is 5.96 Å². The predicted molar refractivity (Wildman–Crippen MR) is 119 cm³/mol. The number of hydrogen-bond donors (Lipinski definition) is 1. The maximum Gasteiger partial charge on any atom is 0.242 e. The van der Waals surface area contributed by atoms with Crippen LogP contribution in [0.4, 0.5) is 0 Å². The average molecular weight is 403 g/mol. The second-order valence-corrected chi connectivity index (χ2v) is 7.72. The van der Waals surface area contributed by atoms with Crippen molar-refractivity contribution in [2.24, 2.45) is 10.9 Å². The Morgan fingerprint density at radius 2 is 1.90 bits per heavy atom. The van der Waals surface area contributed by atoms with Crippen LogP contribution in [0.15, 0.2) is 29.3 Å². The molecule has 0 saturated carbocycles. The molecule has 2 atom stereocenters. The number of likely N-dealkylation sites (N-methyl/N-ethyl adjacent to an activating group) is 2. The average Bonchev–Trinajstić information content (AvgIpc) is 2.72. The zero-order valence-corrected chi connectivity index (χ0v) is 18.8. The van der Waals surface area contributed by atoms with Gasteiger partial charge in [0.1, 0.15) is 0 Å². The van der Waals surface area contributed by atoms with E-state index in [1.165, 1.54) is 11.1 Å². The third-order valence-corrected chi connectivity index (χ3v) is 5.51. The van der Waals surface area contributed by atoms with E-state index < -0.39 is 0 Å². The van der Waals surface area contributed by atoms with Gasteiger partial charge in [0.2, 0.25) is 5.91 Å². The van der Waals surface area contributed by atoms with Gasteiger partial charge in [-0.25, -0.2) is 0 Å². The number of benzene rings is 1. The highest BCUT2D eigenvalue weighted by Gasteiger charge is 2.27. The minimum absolute atomic E-state index is 0.0820. The zero-order valence-electron chi connectivity index (χ0n) is 18.8. The Hall–Kier alpha value is -2.08. The summed E-state index contributed by atoms with van der Waals surface area (Å²) in [5.74, 6) is 1.25. The Morgan fingerprint density at radius 3 is 2.52 bits per heavy atom. The van der Waals surface area contributed by atoms with E-state index in [4.69, 9.17) is 9.73 Å². The molecule has 1 aliphatic heterocycles. The van der Waals surface area contributed by atoms with Crippen molar-refractivity contribution < 1.29 is 9.53 Å². The monoisotopic (exact) mass is 402 g/mol. The van der Waals surface area contributed by atoms with Crippen molar-refractivity contribution in [2.45, 2.75) is 46.6 Å². The fraction of sp³-hybridized carbons (Fsp3) is 0.652. The van der Waals surface area contributed by atoms with Crippen LogP contribution in [0.1, 0.15) is 50.8 Å². The number of carbonyl (C=O) groups is 1. The first-order valence-electron chi connectivity index (χ1n) is 10.9. The van der Waals surface area contributed by atoms with E-state index in [2.05, 4.69) is 36.5 Å². The van der Waals surface area contributed by atoms with Crippen LogP contribution in [-0.4, -0.2) is 68.0 Å². The first-order valence-corrected chi connectivity index (χ1v) is 10.9. The lowest BCUT2D eigenvalue weighted by molar-refractivity contribution is -0.131. The van der Waals surface area contributed by atoms with Crippen molar-refractivity contribution >= 4 is 11.9 Å². The van der Waals surface area contributed by atoms with Gasteiger partial charge in [0, 0.05) is 45.8 Å². The number of aryl methyl sites for hydroxylation is 1.